The Morgan fingerprint density at radius 2 is 2.11 bits per heavy atom. The van der Waals surface area contributed by atoms with E-state index in [4.69, 9.17) is 34.8 Å². The van der Waals surface area contributed by atoms with Crippen LogP contribution in [0, 0.1) is 0 Å². The lowest BCUT2D eigenvalue weighted by Gasteiger charge is -2.17. The Kier molecular flexibility index (Phi) is 3.63. The number of carbonyl (C=O) groups is 1. The number of ether oxygens (including phenoxy) is 1. The zero-order chi connectivity index (χ0) is 7.49. The zero-order valence-electron chi connectivity index (χ0n) is 4.61. The summed E-state index contributed by atoms with van der Waals surface area (Å²) in [4.78, 5) is 9.64. The largest absolute Gasteiger partial charge is 0.445 e. The van der Waals surface area contributed by atoms with E-state index >= 15 is 0 Å². The number of halogens is 3. The molecule has 9 heavy (non-hydrogen) atoms. The van der Waals surface area contributed by atoms with Crippen LogP contribution in [0.5, 0.6) is 0 Å². The molecule has 0 aromatic rings. The molecule has 1 atom stereocenters. The Bertz CT molecular complexity index is 98.5. The van der Waals surface area contributed by atoms with E-state index in [1.807, 2.05) is 0 Å². The summed E-state index contributed by atoms with van der Waals surface area (Å²) in [6, 6.07) is 0. The Labute approximate surface area is 68.0 Å². The molecule has 0 aliphatic heterocycles. The highest BCUT2D eigenvalue weighted by molar-refractivity contribution is 6.51. The van der Waals surface area contributed by atoms with Crippen molar-refractivity contribution in [3.05, 3.63) is 0 Å². The molecule has 0 radical (unpaired) electrons. The first-order valence-corrected chi connectivity index (χ1v) is 3.28. The van der Waals surface area contributed by atoms with Gasteiger partial charge in [-0.05, 0) is 6.92 Å². The second-order valence-electron chi connectivity index (χ2n) is 1.50. The topological polar surface area (TPSA) is 26.3 Å². The van der Waals surface area contributed by atoms with Gasteiger partial charge < -0.3 is 4.74 Å². The molecule has 0 saturated heterocycles. The monoisotopic (exact) mass is 190 g/mol. The lowest BCUT2D eigenvalue weighted by Crippen LogP contribution is -2.24. The van der Waals surface area contributed by atoms with Crippen LogP contribution in [0.25, 0.3) is 0 Å². The van der Waals surface area contributed by atoms with Gasteiger partial charge in [-0.3, -0.25) is 4.79 Å². The minimum absolute atomic E-state index is 0.195. The smallest absolute Gasteiger partial charge is 0.294 e. The highest BCUT2D eigenvalue weighted by Crippen LogP contribution is 2.28. The van der Waals surface area contributed by atoms with Gasteiger partial charge in [0.05, 0.1) is 0 Å². The third-order valence-corrected chi connectivity index (χ3v) is 1.73. The molecular weight excluding hydrogens is 186 g/mol. The third-order valence-electron chi connectivity index (χ3n) is 0.574. The molecule has 0 saturated carbocycles. The maximum absolute atomic E-state index is 9.64. The fourth-order valence-electron chi connectivity index (χ4n) is 0.168. The molecule has 0 N–H and O–H groups in total. The molecule has 0 spiro atoms. The molecule has 0 heterocycles. The van der Waals surface area contributed by atoms with Crippen molar-refractivity contribution in [3.8, 4) is 0 Å². The molecule has 0 bridgehead atoms. The van der Waals surface area contributed by atoms with Crippen LogP contribution >= 0.6 is 34.8 Å². The molecule has 0 aromatic carbocycles. The summed E-state index contributed by atoms with van der Waals surface area (Å²) >= 11 is 16.2. The molecule has 0 fully saturated rings. The molecule has 0 aliphatic carbocycles. The quantitative estimate of drug-likeness (QED) is 0.503. The summed E-state index contributed by atoms with van der Waals surface area (Å²) in [7, 11) is 0. The van der Waals surface area contributed by atoms with E-state index in [0.717, 1.165) is 0 Å². The van der Waals surface area contributed by atoms with Gasteiger partial charge in [0.25, 0.3) is 6.47 Å². The SMILES string of the molecule is CC(Cl)(Cl)C(Cl)OC=O. The predicted octanol–water partition coefficient (Wildman–Crippen LogP) is 1.92. The van der Waals surface area contributed by atoms with Crippen molar-refractivity contribution in [1.29, 1.82) is 0 Å². The normalized spacial score (nSPS) is 14.7. The molecule has 0 aliphatic rings. The van der Waals surface area contributed by atoms with Crippen LogP contribution in [0.15, 0.2) is 0 Å². The van der Waals surface area contributed by atoms with Crippen molar-refractivity contribution in [2.45, 2.75) is 16.8 Å². The molecular formula is C4H5Cl3O2. The minimum atomic E-state index is -1.23. The molecule has 0 aromatic heterocycles. The van der Waals surface area contributed by atoms with E-state index in [1.54, 1.807) is 0 Å². The summed E-state index contributed by atoms with van der Waals surface area (Å²) < 4.78 is 2.99. The summed E-state index contributed by atoms with van der Waals surface area (Å²) in [5.74, 6) is 0. The average molecular weight is 191 g/mol. The van der Waals surface area contributed by atoms with Gasteiger partial charge in [-0.25, -0.2) is 0 Å². The fourth-order valence-corrected chi connectivity index (χ4v) is 0.313. The van der Waals surface area contributed by atoms with Gasteiger partial charge in [0.1, 0.15) is 0 Å². The summed E-state index contributed by atoms with van der Waals surface area (Å²) in [6.07, 6.45) is 0. The number of hydrogen-bond acceptors (Lipinski definition) is 2. The Morgan fingerprint density at radius 1 is 1.67 bits per heavy atom. The highest BCUT2D eigenvalue weighted by atomic mass is 35.5. The number of carbonyl (C=O) groups excluding carboxylic acids is 1. The third kappa shape index (κ3) is 3.84. The lowest BCUT2D eigenvalue weighted by molar-refractivity contribution is -0.130. The first-order valence-electron chi connectivity index (χ1n) is 2.09. The van der Waals surface area contributed by atoms with E-state index in [9.17, 15) is 4.79 Å². The Morgan fingerprint density at radius 3 is 2.22 bits per heavy atom. The van der Waals surface area contributed by atoms with Gasteiger partial charge in [-0.2, -0.15) is 0 Å². The summed E-state index contributed by atoms with van der Waals surface area (Å²) in [5, 5.41) is 0. The van der Waals surface area contributed by atoms with Crippen molar-refractivity contribution < 1.29 is 9.53 Å². The van der Waals surface area contributed by atoms with Crippen molar-refractivity contribution in [2.75, 3.05) is 0 Å². The van der Waals surface area contributed by atoms with Gasteiger partial charge in [-0.1, -0.05) is 34.8 Å². The van der Waals surface area contributed by atoms with Crippen LogP contribution in [0.2, 0.25) is 0 Å². The maximum atomic E-state index is 9.64. The zero-order valence-corrected chi connectivity index (χ0v) is 6.87. The lowest BCUT2D eigenvalue weighted by atomic mass is 10.5. The van der Waals surface area contributed by atoms with Crippen LogP contribution < -0.4 is 0 Å². The van der Waals surface area contributed by atoms with Crippen molar-refractivity contribution in [3.63, 3.8) is 0 Å². The molecule has 2 nitrogen and oxygen atoms in total. The minimum Gasteiger partial charge on any atom is -0.445 e. The Balaban J connectivity index is 3.72. The number of rotatable bonds is 3. The molecule has 0 amide bonds. The number of alkyl halides is 3. The molecule has 0 rings (SSSR count). The highest BCUT2D eigenvalue weighted by Gasteiger charge is 2.28. The van der Waals surface area contributed by atoms with Gasteiger partial charge in [-0.15, -0.1) is 0 Å². The van der Waals surface area contributed by atoms with E-state index < -0.39 is 9.90 Å². The standard InChI is InChI=1S/C4H5Cl3O2/c1-4(6,7)3(5)9-2-8/h2-3H,1H3. The molecule has 54 valence electrons. The van der Waals surface area contributed by atoms with E-state index in [2.05, 4.69) is 4.74 Å². The van der Waals surface area contributed by atoms with Crippen LogP contribution in [0.1, 0.15) is 6.92 Å². The van der Waals surface area contributed by atoms with E-state index in [-0.39, 0.29) is 6.47 Å². The summed E-state index contributed by atoms with van der Waals surface area (Å²) in [6.45, 7) is 1.62. The van der Waals surface area contributed by atoms with Crippen molar-refractivity contribution in [1.82, 2.24) is 0 Å². The maximum Gasteiger partial charge on any atom is 0.294 e. The van der Waals surface area contributed by atoms with Crippen LogP contribution in [0.3, 0.4) is 0 Å². The van der Waals surface area contributed by atoms with E-state index in [0.29, 0.717) is 0 Å². The van der Waals surface area contributed by atoms with Gasteiger partial charge >= 0.3 is 0 Å². The summed E-state index contributed by atoms with van der Waals surface area (Å²) in [5.41, 5.74) is -1.00. The van der Waals surface area contributed by atoms with Crippen LogP contribution in [-0.2, 0) is 9.53 Å². The predicted molar refractivity (Wildman–Crippen MR) is 36.9 cm³/mol. The second-order valence-corrected chi connectivity index (χ2v) is 3.66. The number of hydrogen-bond donors (Lipinski definition) is 0. The molecule has 5 heteroatoms. The average Bonchev–Trinajstić information content (AvgIpc) is 1.64. The second kappa shape index (κ2) is 3.49. The fraction of sp³-hybridized carbons (Fsp3) is 0.750. The van der Waals surface area contributed by atoms with Crippen LogP contribution in [-0.4, -0.2) is 16.4 Å². The van der Waals surface area contributed by atoms with Crippen LogP contribution in [0.4, 0.5) is 0 Å². The van der Waals surface area contributed by atoms with E-state index in [1.165, 1.54) is 6.92 Å². The van der Waals surface area contributed by atoms with Gasteiger partial charge in [0.15, 0.2) is 4.33 Å². The molecule has 1 unspecified atom stereocenters. The van der Waals surface area contributed by atoms with Crippen molar-refractivity contribution >= 4 is 41.3 Å². The Hall–Kier alpha value is 0.340. The van der Waals surface area contributed by atoms with Gasteiger partial charge in [0.2, 0.25) is 5.56 Å². The first-order chi connectivity index (χ1) is 3.98. The first kappa shape index (κ1) is 9.34. The van der Waals surface area contributed by atoms with Gasteiger partial charge in [0, 0.05) is 0 Å². The van der Waals surface area contributed by atoms with Crippen molar-refractivity contribution in [2.24, 2.45) is 0 Å².